The first-order valence-corrected chi connectivity index (χ1v) is 7.49. The Hall–Kier alpha value is -1.42. The molecular formula is C16H26N4. The van der Waals surface area contributed by atoms with Crippen LogP contribution in [0.15, 0.2) is 12.3 Å². The molecule has 0 aliphatic heterocycles. The van der Waals surface area contributed by atoms with E-state index in [0.29, 0.717) is 6.04 Å². The molecule has 1 atom stereocenters. The maximum Gasteiger partial charge on any atom is 0.157 e. The third-order valence-corrected chi connectivity index (χ3v) is 3.75. The zero-order valence-corrected chi connectivity index (χ0v) is 13.3. The normalized spacial score (nSPS) is 13.3. The van der Waals surface area contributed by atoms with E-state index in [2.05, 4.69) is 42.2 Å². The predicted molar refractivity (Wildman–Crippen MR) is 83.6 cm³/mol. The Morgan fingerprint density at radius 2 is 2.00 bits per heavy atom. The predicted octanol–water partition coefficient (Wildman–Crippen LogP) is 3.19. The highest BCUT2D eigenvalue weighted by Gasteiger charge is 2.08. The molecule has 0 radical (unpaired) electrons. The van der Waals surface area contributed by atoms with E-state index in [0.717, 1.165) is 29.2 Å². The van der Waals surface area contributed by atoms with Gasteiger partial charge in [-0.2, -0.15) is 5.10 Å². The topological polar surface area (TPSA) is 42.7 Å². The monoisotopic (exact) mass is 274 g/mol. The first-order chi connectivity index (χ1) is 9.47. The van der Waals surface area contributed by atoms with Gasteiger partial charge in [-0.05, 0) is 44.2 Å². The molecule has 0 fully saturated rings. The Kier molecular flexibility index (Phi) is 4.76. The molecule has 20 heavy (non-hydrogen) atoms. The van der Waals surface area contributed by atoms with Gasteiger partial charge >= 0.3 is 0 Å². The summed E-state index contributed by atoms with van der Waals surface area (Å²) in [5.74, 6) is 0.773. The van der Waals surface area contributed by atoms with E-state index in [-0.39, 0.29) is 0 Å². The number of pyridine rings is 1. The van der Waals surface area contributed by atoms with Crippen molar-refractivity contribution in [3.05, 3.63) is 23.5 Å². The van der Waals surface area contributed by atoms with Crippen molar-refractivity contribution >= 4 is 11.0 Å². The Balaban J connectivity index is 1.98. The second kappa shape index (κ2) is 6.35. The fourth-order valence-corrected chi connectivity index (χ4v) is 2.43. The second-order valence-electron chi connectivity index (χ2n) is 6.18. The number of aryl methyl sites for hydroxylation is 2. The zero-order chi connectivity index (χ0) is 14.7. The highest BCUT2D eigenvalue weighted by Crippen LogP contribution is 2.16. The molecule has 0 amide bonds. The lowest BCUT2D eigenvalue weighted by Gasteiger charge is -2.15. The van der Waals surface area contributed by atoms with Crippen LogP contribution in [0.5, 0.6) is 0 Å². The van der Waals surface area contributed by atoms with E-state index >= 15 is 0 Å². The maximum atomic E-state index is 4.51. The van der Waals surface area contributed by atoms with Crippen molar-refractivity contribution in [1.29, 1.82) is 0 Å². The van der Waals surface area contributed by atoms with Crippen molar-refractivity contribution in [3.63, 3.8) is 0 Å². The molecule has 4 nitrogen and oxygen atoms in total. The lowest BCUT2D eigenvalue weighted by Crippen LogP contribution is -2.25. The molecule has 2 aromatic heterocycles. The summed E-state index contributed by atoms with van der Waals surface area (Å²) < 4.78 is 1.84. The minimum absolute atomic E-state index is 0.545. The molecule has 2 rings (SSSR count). The van der Waals surface area contributed by atoms with Gasteiger partial charge in [0, 0.05) is 31.2 Å². The van der Waals surface area contributed by atoms with Gasteiger partial charge in [-0.3, -0.25) is 4.68 Å². The molecule has 0 aliphatic carbocycles. The second-order valence-corrected chi connectivity index (χ2v) is 6.18. The zero-order valence-electron chi connectivity index (χ0n) is 13.3. The van der Waals surface area contributed by atoms with E-state index in [1.165, 1.54) is 18.4 Å². The summed E-state index contributed by atoms with van der Waals surface area (Å²) in [5.41, 5.74) is 3.23. The van der Waals surface area contributed by atoms with Gasteiger partial charge in [0.2, 0.25) is 0 Å². The van der Waals surface area contributed by atoms with Crippen molar-refractivity contribution in [2.75, 3.05) is 0 Å². The third-order valence-electron chi connectivity index (χ3n) is 3.75. The van der Waals surface area contributed by atoms with Crippen molar-refractivity contribution in [1.82, 2.24) is 20.1 Å². The lowest BCUT2D eigenvalue weighted by molar-refractivity contribution is 0.450. The van der Waals surface area contributed by atoms with Crippen LogP contribution in [-0.2, 0) is 13.6 Å². The molecule has 0 bridgehead atoms. The average Bonchev–Trinajstić information content (AvgIpc) is 2.69. The van der Waals surface area contributed by atoms with Crippen LogP contribution in [-0.4, -0.2) is 20.8 Å². The average molecular weight is 274 g/mol. The molecule has 0 aliphatic rings. The van der Waals surface area contributed by atoms with E-state index in [1.807, 2.05) is 24.9 Å². The number of rotatable bonds is 6. The molecule has 0 saturated heterocycles. The summed E-state index contributed by atoms with van der Waals surface area (Å²) >= 11 is 0. The number of nitrogens with one attached hydrogen (secondary N) is 1. The third kappa shape index (κ3) is 3.57. The van der Waals surface area contributed by atoms with Gasteiger partial charge in [0.15, 0.2) is 5.65 Å². The van der Waals surface area contributed by atoms with Crippen LogP contribution in [0.25, 0.3) is 11.0 Å². The standard InChI is InChI=1S/C16H26N4/c1-11(2)6-7-12(3)17-9-14-8-15-13(4)19-20(5)16(15)18-10-14/h8,10-12,17H,6-7,9H2,1-5H3. The minimum Gasteiger partial charge on any atom is -0.310 e. The minimum atomic E-state index is 0.545. The molecule has 1 unspecified atom stereocenters. The van der Waals surface area contributed by atoms with Crippen LogP contribution in [0.4, 0.5) is 0 Å². The van der Waals surface area contributed by atoms with Crippen LogP contribution in [0, 0.1) is 12.8 Å². The summed E-state index contributed by atoms with van der Waals surface area (Å²) in [4.78, 5) is 4.51. The highest BCUT2D eigenvalue weighted by atomic mass is 15.3. The van der Waals surface area contributed by atoms with Crippen molar-refractivity contribution in [2.24, 2.45) is 13.0 Å². The van der Waals surface area contributed by atoms with Gasteiger partial charge in [0.05, 0.1) is 5.69 Å². The van der Waals surface area contributed by atoms with Crippen LogP contribution in [0.3, 0.4) is 0 Å². The summed E-state index contributed by atoms with van der Waals surface area (Å²) in [6, 6.07) is 2.75. The highest BCUT2D eigenvalue weighted by molar-refractivity contribution is 5.78. The summed E-state index contributed by atoms with van der Waals surface area (Å²) in [6.45, 7) is 9.71. The summed E-state index contributed by atoms with van der Waals surface area (Å²) in [5, 5.41) is 9.14. The van der Waals surface area contributed by atoms with E-state index in [4.69, 9.17) is 0 Å². The van der Waals surface area contributed by atoms with Crippen LogP contribution in [0.2, 0.25) is 0 Å². The van der Waals surface area contributed by atoms with Crippen LogP contribution >= 0.6 is 0 Å². The van der Waals surface area contributed by atoms with Gasteiger partial charge in [0.1, 0.15) is 0 Å². The molecule has 0 spiro atoms. The van der Waals surface area contributed by atoms with E-state index < -0.39 is 0 Å². The van der Waals surface area contributed by atoms with Crippen molar-refractivity contribution in [2.45, 2.75) is 53.1 Å². The Bertz CT molecular complexity index is 571. The van der Waals surface area contributed by atoms with Crippen LogP contribution in [0.1, 0.15) is 44.9 Å². The fraction of sp³-hybridized carbons (Fsp3) is 0.625. The lowest BCUT2D eigenvalue weighted by atomic mass is 10.0. The Labute approximate surface area is 121 Å². The number of nitrogens with zero attached hydrogens (tertiary/aromatic N) is 3. The Morgan fingerprint density at radius 1 is 1.25 bits per heavy atom. The number of hydrogen-bond acceptors (Lipinski definition) is 3. The van der Waals surface area contributed by atoms with Gasteiger partial charge in [0.25, 0.3) is 0 Å². The van der Waals surface area contributed by atoms with Gasteiger partial charge in [-0.25, -0.2) is 4.98 Å². The number of hydrogen-bond donors (Lipinski definition) is 1. The molecular weight excluding hydrogens is 248 g/mol. The molecule has 110 valence electrons. The van der Waals surface area contributed by atoms with E-state index in [1.54, 1.807) is 0 Å². The number of fused-ring (bicyclic) bond motifs is 1. The number of aromatic nitrogens is 3. The summed E-state index contributed by atoms with van der Waals surface area (Å²) in [6.07, 6.45) is 4.44. The largest absolute Gasteiger partial charge is 0.310 e. The molecule has 4 heteroatoms. The first kappa shape index (κ1) is 15.0. The molecule has 0 aromatic carbocycles. The van der Waals surface area contributed by atoms with Crippen LogP contribution < -0.4 is 5.32 Å². The smallest absolute Gasteiger partial charge is 0.157 e. The molecule has 2 heterocycles. The van der Waals surface area contributed by atoms with E-state index in [9.17, 15) is 0 Å². The summed E-state index contributed by atoms with van der Waals surface area (Å²) in [7, 11) is 1.94. The van der Waals surface area contributed by atoms with Gasteiger partial charge in [-0.1, -0.05) is 13.8 Å². The van der Waals surface area contributed by atoms with Crippen molar-refractivity contribution < 1.29 is 0 Å². The molecule has 2 aromatic rings. The van der Waals surface area contributed by atoms with Gasteiger partial charge in [-0.15, -0.1) is 0 Å². The SMILES string of the molecule is Cc1nn(C)c2ncc(CNC(C)CCC(C)C)cc12. The Morgan fingerprint density at radius 3 is 2.70 bits per heavy atom. The molecule has 0 saturated carbocycles. The molecule has 1 N–H and O–H groups in total. The quantitative estimate of drug-likeness (QED) is 0.879. The maximum absolute atomic E-state index is 4.51. The van der Waals surface area contributed by atoms with Gasteiger partial charge < -0.3 is 5.32 Å². The van der Waals surface area contributed by atoms with Crippen molar-refractivity contribution in [3.8, 4) is 0 Å². The first-order valence-electron chi connectivity index (χ1n) is 7.49. The fourth-order valence-electron chi connectivity index (χ4n) is 2.43.